The maximum Gasteiger partial charge on any atom is 0.326 e. The predicted molar refractivity (Wildman–Crippen MR) is 123 cm³/mol. The number of hydrogen-bond donors (Lipinski definition) is 3. The molecular weight excluding hydrogens is 406 g/mol. The van der Waals surface area contributed by atoms with Crippen LogP contribution in [-0.2, 0) is 14.4 Å². The van der Waals surface area contributed by atoms with E-state index in [-0.39, 0.29) is 33.8 Å². The number of fused-ring (bicyclic) bond motifs is 1. The van der Waals surface area contributed by atoms with Crippen molar-refractivity contribution >= 4 is 17.5 Å². The topological polar surface area (TPSA) is 104 Å². The number of rotatable bonds is 6. The summed E-state index contributed by atoms with van der Waals surface area (Å²) in [4.78, 5) is 37.1. The van der Waals surface area contributed by atoms with Gasteiger partial charge in [-0.3, -0.25) is 9.59 Å². The normalized spacial score (nSPS) is 34.1. The van der Waals surface area contributed by atoms with E-state index in [9.17, 15) is 24.6 Å². The number of aliphatic hydroxyl groups excluding tert-OH is 1. The van der Waals surface area contributed by atoms with Crippen molar-refractivity contribution in [3.8, 4) is 0 Å². The molecule has 1 fully saturated rings. The molecule has 3 N–H and O–H groups in total. The number of carboxylic acid groups (broad SMARTS) is 1. The van der Waals surface area contributed by atoms with Gasteiger partial charge < -0.3 is 15.5 Å². The van der Waals surface area contributed by atoms with Crippen molar-refractivity contribution in [3.63, 3.8) is 0 Å². The van der Waals surface area contributed by atoms with Gasteiger partial charge in [-0.05, 0) is 67.6 Å². The van der Waals surface area contributed by atoms with E-state index in [2.05, 4.69) is 39.1 Å². The van der Waals surface area contributed by atoms with Crippen LogP contribution in [0, 0.1) is 28.6 Å². The molecule has 0 saturated heterocycles. The smallest absolute Gasteiger partial charge is 0.326 e. The molecule has 0 amide bonds. The lowest BCUT2D eigenvalue weighted by molar-refractivity contribution is -0.140. The third-order valence-electron chi connectivity index (χ3n) is 8.71. The van der Waals surface area contributed by atoms with E-state index in [1.807, 2.05) is 0 Å². The lowest BCUT2D eigenvalue weighted by atomic mass is 9.46. The van der Waals surface area contributed by atoms with Crippen LogP contribution < -0.4 is 5.32 Å². The van der Waals surface area contributed by atoms with Gasteiger partial charge in [0.25, 0.3) is 0 Å². The highest BCUT2D eigenvalue weighted by molar-refractivity contribution is 6.48. The number of carboxylic acids is 1. The summed E-state index contributed by atoms with van der Waals surface area (Å²) in [6, 6.07) is -0.982. The molecule has 3 aliphatic carbocycles. The Balaban J connectivity index is 2.00. The number of hydrogen-bond acceptors (Lipinski definition) is 5. The van der Waals surface area contributed by atoms with Gasteiger partial charge in [-0.15, -0.1) is 0 Å². The molecule has 0 aromatic heterocycles. The van der Waals surface area contributed by atoms with E-state index in [0.29, 0.717) is 18.3 Å². The lowest BCUT2D eigenvalue weighted by Gasteiger charge is -2.58. The van der Waals surface area contributed by atoms with Crippen molar-refractivity contribution < 1.29 is 24.6 Å². The quantitative estimate of drug-likeness (QED) is 0.312. The van der Waals surface area contributed by atoms with Gasteiger partial charge in [0.2, 0.25) is 11.6 Å². The van der Waals surface area contributed by atoms with Crippen molar-refractivity contribution in [3.05, 3.63) is 34.8 Å². The Labute approximate surface area is 190 Å². The first-order valence-corrected chi connectivity index (χ1v) is 11.7. The summed E-state index contributed by atoms with van der Waals surface area (Å²) in [5, 5.41) is 23.4. The Morgan fingerprint density at radius 3 is 2.50 bits per heavy atom. The second kappa shape index (κ2) is 8.53. The van der Waals surface area contributed by atoms with Gasteiger partial charge in [-0.25, -0.2) is 4.79 Å². The van der Waals surface area contributed by atoms with E-state index in [0.717, 1.165) is 31.8 Å². The monoisotopic (exact) mass is 443 g/mol. The van der Waals surface area contributed by atoms with Crippen LogP contribution in [0.5, 0.6) is 0 Å². The fourth-order valence-electron chi connectivity index (χ4n) is 6.23. The molecule has 5 atom stereocenters. The number of nitrogens with one attached hydrogen (secondary N) is 1. The van der Waals surface area contributed by atoms with Crippen LogP contribution in [-0.4, -0.2) is 33.8 Å². The number of Topliss-reactive ketones (excluding diaryl/α,β-unsaturated/α-hetero) is 1. The van der Waals surface area contributed by atoms with E-state index in [1.54, 1.807) is 13.8 Å². The molecule has 0 aromatic rings. The van der Waals surface area contributed by atoms with Gasteiger partial charge in [0.1, 0.15) is 11.8 Å². The van der Waals surface area contributed by atoms with Gasteiger partial charge >= 0.3 is 5.97 Å². The zero-order valence-electron chi connectivity index (χ0n) is 20.1. The minimum Gasteiger partial charge on any atom is -0.505 e. The maximum absolute atomic E-state index is 12.9. The van der Waals surface area contributed by atoms with Gasteiger partial charge in [-0.1, -0.05) is 46.3 Å². The molecule has 3 rings (SSSR count). The first-order valence-electron chi connectivity index (χ1n) is 11.7. The van der Waals surface area contributed by atoms with E-state index >= 15 is 0 Å². The number of aliphatic carboxylic acids is 1. The van der Waals surface area contributed by atoms with Crippen LogP contribution in [0.1, 0.15) is 73.6 Å². The summed E-state index contributed by atoms with van der Waals surface area (Å²) in [5.41, 5.74) is 1.30. The highest BCUT2D eigenvalue weighted by atomic mass is 16.4. The van der Waals surface area contributed by atoms with Gasteiger partial charge in [0, 0.05) is 11.6 Å². The first-order chi connectivity index (χ1) is 14.8. The molecule has 0 aliphatic heterocycles. The summed E-state index contributed by atoms with van der Waals surface area (Å²) in [7, 11) is 0. The predicted octanol–water partition coefficient (Wildman–Crippen LogP) is 4.72. The summed E-state index contributed by atoms with van der Waals surface area (Å²) >= 11 is 0. The maximum atomic E-state index is 12.9. The summed E-state index contributed by atoms with van der Waals surface area (Å²) in [6.07, 6.45) is 7.77. The molecule has 1 saturated carbocycles. The van der Waals surface area contributed by atoms with Crippen LogP contribution in [0.15, 0.2) is 34.8 Å². The Hall–Kier alpha value is -2.37. The van der Waals surface area contributed by atoms with Gasteiger partial charge in [-0.2, -0.15) is 0 Å². The lowest BCUT2D eigenvalue weighted by Crippen LogP contribution is -2.50. The minimum absolute atomic E-state index is 0.0280. The fourth-order valence-corrected chi connectivity index (χ4v) is 6.23. The van der Waals surface area contributed by atoms with Crippen molar-refractivity contribution in [2.75, 3.05) is 0 Å². The molecule has 0 aromatic carbocycles. The Kier molecular flexibility index (Phi) is 6.47. The summed E-state index contributed by atoms with van der Waals surface area (Å²) < 4.78 is 0. The number of allylic oxidation sites excluding steroid dienone is 4. The molecule has 32 heavy (non-hydrogen) atoms. The van der Waals surface area contributed by atoms with Crippen molar-refractivity contribution in [1.82, 2.24) is 5.32 Å². The average molecular weight is 444 g/mol. The highest BCUT2D eigenvalue weighted by Gasteiger charge is 2.54. The zero-order valence-corrected chi connectivity index (χ0v) is 20.1. The molecule has 0 spiro atoms. The Morgan fingerprint density at radius 1 is 1.25 bits per heavy atom. The summed E-state index contributed by atoms with van der Waals surface area (Å²) in [6.45, 7) is 12.4. The third-order valence-corrected chi connectivity index (χ3v) is 8.71. The van der Waals surface area contributed by atoms with E-state index in [4.69, 9.17) is 0 Å². The second-order valence-corrected chi connectivity index (χ2v) is 10.8. The molecule has 0 unspecified atom stereocenters. The second-order valence-electron chi connectivity index (χ2n) is 10.8. The molecule has 6 heteroatoms. The van der Waals surface area contributed by atoms with Crippen molar-refractivity contribution in [2.45, 2.75) is 79.7 Å². The molecule has 176 valence electrons. The van der Waals surface area contributed by atoms with E-state index < -0.39 is 23.6 Å². The molecule has 0 heterocycles. The molecule has 0 radical (unpaired) electrons. The Morgan fingerprint density at radius 2 is 1.91 bits per heavy atom. The minimum atomic E-state index is -1.08. The number of carbonyl (C=O) groups is 3. The number of carbonyl (C=O) groups excluding carboxylic acids is 2. The largest absolute Gasteiger partial charge is 0.505 e. The van der Waals surface area contributed by atoms with Crippen LogP contribution in [0.3, 0.4) is 0 Å². The molecule has 6 nitrogen and oxygen atoms in total. The summed E-state index contributed by atoms with van der Waals surface area (Å²) in [5.74, 6) is -2.39. The fraction of sp³-hybridized carbons (Fsp3) is 0.654. The van der Waals surface area contributed by atoms with Crippen molar-refractivity contribution in [2.24, 2.45) is 28.6 Å². The number of ketones is 2. The standard InChI is InChI=1S/C26H37NO5/c1-14(2)21(24(31)32)27-18-12-19(28)23(30)17(22(18)29)13-26(6)16(4)10-11-25(5)15(3)8-7-9-20(25)26/h8,12,14,16,20-21,27,29H,7,9-11,13H2,1-6H3,(H,31,32)/t16-,20+,21-,25+,26+/m0/s1. The highest BCUT2D eigenvalue weighted by Crippen LogP contribution is 2.62. The Bertz CT molecular complexity index is 927. The van der Waals surface area contributed by atoms with Crippen LogP contribution in [0.2, 0.25) is 0 Å². The van der Waals surface area contributed by atoms with Crippen LogP contribution in [0.25, 0.3) is 0 Å². The van der Waals surface area contributed by atoms with Crippen molar-refractivity contribution in [1.29, 1.82) is 0 Å². The third kappa shape index (κ3) is 3.93. The molecule has 3 aliphatic rings. The van der Waals surface area contributed by atoms with Crippen LogP contribution >= 0.6 is 0 Å². The van der Waals surface area contributed by atoms with E-state index in [1.165, 1.54) is 5.57 Å². The van der Waals surface area contributed by atoms with Crippen LogP contribution in [0.4, 0.5) is 0 Å². The molecular formula is C26H37NO5. The average Bonchev–Trinajstić information content (AvgIpc) is 2.71. The zero-order chi connectivity index (χ0) is 24.0. The first kappa shape index (κ1) is 24.3. The van der Waals surface area contributed by atoms with Gasteiger partial charge in [0.05, 0.1) is 5.70 Å². The van der Waals surface area contributed by atoms with Gasteiger partial charge in [0.15, 0.2) is 0 Å². The SMILES string of the molecule is CC1=CCC[C@H]2[C@](C)(CC3=C(O)C(N[C@H](C(=O)O)C(C)C)=CC(=O)C3=O)[C@@H](C)CC[C@]12C. The number of aliphatic hydroxyl groups is 1. The molecule has 0 bridgehead atoms.